The van der Waals surface area contributed by atoms with Crippen LogP contribution in [0.4, 0.5) is 4.39 Å². The summed E-state index contributed by atoms with van der Waals surface area (Å²) >= 11 is 0. The number of benzene rings is 2. The topological polar surface area (TPSA) is 29.5 Å². The van der Waals surface area contributed by atoms with Crippen LogP contribution in [0.2, 0.25) is 0 Å². The Labute approximate surface area is 161 Å². The number of carbonyl (C=O) groups excluding carboxylic acids is 1. The van der Waals surface area contributed by atoms with E-state index < -0.39 is 0 Å². The van der Waals surface area contributed by atoms with E-state index >= 15 is 0 Å². The average molecular weight is 369 g/mol. The molecule has 1 fully saturated rings. The summed E-state index contributed by atoms with van der Waals surface area (Å²) in [7, 11) is 0. The van der Waals surface area contributed by atoms with Gasteiger partial charge in [0.15, 0.2) is 5.78 Å². The zero-order chi connectivity index (χ0) is 19.4. The Morgan fingerprint density at radius 2 is 1.78 bits per heavy atom. The van der Waals surface area contributed by atoms with E-state index in [9.17, 15) is 9.18 Å². The van der Waals surface area contributed by atoms with Crippen LogP contribution >= 0.6 is 0 Å². The smallest absolute Gasteiger partial charge is 0.193 e. The molecule has 1 aliphatic heterocycles. The molecule has 2 aromatic carbocycles. The molecule has 2 aromatic rings. The van der Waals surface area contributed by atoms with Crippen LogP contribution in [0.25, 0.3) is 0 Å². The summed E-state index contributed by atoms with van der Waals surface area (Å²) in [6, 6.07) is 13.5. The number of ether oxygens (including phenoxy) is 1. The van der Waals surface area contributed by atoms with Gasteiger partial charge in [0.2, 0.25) is 0 Å². The first kappa shape index (κ1) is 19.7. The zero-order valence-electron chi connectivity index (χ0n) is 16.3. The summed E-state index contributed by atoms with van der Waals surface area (Å²) in [4.78, 5) is 15.1. The van der Waals surface area contributed by atoms with Crippen molar-refractivity contribution >= 4 is 5.78 Å². The van der Waals surface area contributed by atoms with Gasteiger partial charge in [-0.25, -0.2) is 4.39 Å². The van der Waals surface area contributed by atoms with E-state index in [2.05, 4.69) is 31.7 Å². The number of morpholine rings is 1. The fourth-order valence-electron chi connectivity index (χ4n) is 3.95. The van der Waals surface area contributed by atoms with Crippen LogP contribution in [-0.2, 0) is 11.2 Å². The van der Waals surface area contributed by atoms with E-state index in [1.165, 1.54) is 24.3 Å². The van der Waals surface area contributed by atoms with Crippen molar-refractivity contribution in [1.82, 2.24) is 4.90 Å². The van der Waals surface area contributed by atoms with Crippen LogP contribution in [0.15, 0.2) is 48.5 Å². The van der Waals surface area contributed by atoms with Gasteiger partial charge < -0.3 is 4.74 Å². The van der Waals surface area contributed by atoms with E-state index in [4.69, 9.17) is 4.74 Å². The quantitative estimate of drug-likeness (QED) is 0.709. The lowest BCUT2D eigenvalue weighted by Crippen LogP contribution is -2.47. The molecule has 0 amide bonds. The minimum absolute atomic E-state index is 0.0691. The summed E-state index contributed by atoms with van der Waals surface area (Å²) in [5.74, 6) is 0.0832. The normalized spacial score (nSPS) is 21.8. The molecule has 4 heteroatoms. The van der Waals surface area contributed by atoms with Gasteiger partial charge in [-0.15, -0.1) is 0 Å². The van der Waals surface area contributed by atoms with Crippen LogP contribution in [0.3, 0.4) is 0 Å². The van der Waals surface area contributed by atoms with Crippen LogP contribution in [0.5, 0.6) is 0 Å². The maximum Gasteiger partial charge on any atom is 0.193 e. The van der Waals surface area contributed by atoms with Gasteiger partial charge in [-0.1, -0.05) is 25.1 Å². The molecule has 0 aliphatic carbocycles. The first-order valence-corrected chi connectivity index (χ1v) is 9.67. The Morgan fingerprint density at radius 3 is 2.44 bits per heavy atom. The lowest BCUT2D eigenvalue weighted by molar-refractivity contribution is -0.0708. The first-order chi connectivity index (χ1) is 12.9. The molecule has 0 saturated carbocycles. The Hall–Kier alpha value is -2.04. The van der Waals surface area contributed by atoms with E-state index in [1.807, 2.05) is 18.2 Å². The molecule has 144 valence electrons. The Bertz CT molecular complexity index is 764. The second-order valence-corrected chi connectivity index (χ2v) is 7.82. The van der Waals surface area contributed by atoms with Crippen molar-refractivity contribution in [2.24, 2.45) is 5.92 Å². The van der Waals surface area contributed by atoms with Crippen molar-refractivity contribution in [3.63, 3.8) is 0 Å². The van der Waals surface area contributed by atoms with Gasteiger partial charge in [0.1, 0.15) is 5.82 Å². The minimum atomic E-state index is -0.333. The van der Waals surface area contributed by atoms with Gasteiger partial charge in [0.25, 0.3) is 0 Å². The third-order valence-corrected chi connectivity index (χ3v) is 4.94. The summed E-state index contributed by atoms with van der Waals surface area (Å²) in [6.07, 6.45) is 1.47. The molecule has 0 N–H and O–H groups in total. The SMILES string of the molecule is CC(Cc1cccc(C(=O)c2ccc(F)cc2)c1)CN1CC(C)OC(C)C1. The van der Waals surface area contributed by atoms with Crippen LogP contribution in [0, 0.1) is 11.7 Å². The molecule has 27 heavy (non-hydrogen) atoms. The van der Waals surface area contributed by atoms with Crippen LogP contribution in [0.1, 0.15) is 42.3 Å². The lowest BCUT2D eigenvalue weighted by Gasteiger charge is -2.36. The molecule has 0 aromatic heterocycles. The Balaban J connectivity index is 1.63. The summed E-state index contributed by atoms with van der Waals surface area (Å²) < 4.78 is 18.9. The highest BCUT2D eigenvalue weighted by Gasteiger charge is 2.23. The second-order valence-electron chi connectivity index (χ2n) is 7.82. The molecule has 3 nitrogen and oxygen atoms in total. The molecule has 0 radical (unpaired) electrons. The van der Waals surface area contributed by atoms with Crippen molar-refractivity contribution in [1.29, 1.82) is 0 Å². The predicted molar refractivity (Wildman–Crippen MR) is 106 cm³/mol. The van der Waals surface area contributed by atoms with Gasteiger partial charge in [-0.3, -0.25) is 9.69 Å². The van der Waals surface area contributed by atoms with E-state index in [0.29, 0.717) is 17.0 Å². The van der Waals surface area contributed by atoms with Crippen molar-refractivity contribution in [2.75, 3.05) is 19.6 Å². The maximum absolute atomic E-state index is 13.1. The van der Waals surface area contributed by atoms with Crippen LogP contribution < -0.4 is 0 Å². The highest BCUT2D eigenvalue weighted by molar-refractivity contribution is 6.09. The Kier molecular flexibility index (Phi) is 6.40. The highest BCUT2D eigenvalue weighted by Crippen LogP contribution is 2.18. The van der Waals surface area contributed by atoms with Gasteiger partial charge in [-0.05, 0) is 62.1 Å². The molecular weight excluding hydrogens is 341 g/mol. The third-order valence-electron chi connectivity index (χ3n) is 4.94. The predicted octanol–water partition coefficient (Wildman–Crippen LogP) is 4.34. The third kappa shape index (κ3) is 5.47. The number of carbonyl (C=O) groups is 1. The highest BCUT2D eigenvalue weighted by atomic mass is 19.1. The zero-order valence-corrected chi connectivity index (χ0v) is 16.3. The van der Waals surface area contributed by atoms with Crippen molar-refractivity contribution in [3.8, 4) is 0 Å². The summed E-state index contributed by atoms with van der Waals surface area (Å²) in [5.41, 5.74) is 2.32. The van der Waals surface area contributed by atoms with Crippen molar-refractivity contribution < 1.29 is 13.9 Å². The average Bonchev–Trinajstić information content (AvgIpc) is 2.61. The van der Waals surface area contributed by atoms with Gasteiger partial charge in [0, 0.05) is 30.8 Å². The number of hydrogen-bond acceptors (Lipinski definition) is 3. The van der Waals surface area contributed by atoms with E-state index in [1.54, 1.807) is 0 Å². The first-order valence-electron chi connectivity index (χ1n) is 9.67. The number of ketones is 1. The van der Waals surface area contributed by atoms with Gasteiger partial charge >= 0.3 is 0 Å². The van der Waals surface area contributed by atoms with Crippen molar-refractivity contribution in [2.45, 2.75) is 39.4 Å². The standard InChI is InChI=1S/C23H28FNO2/c1-16(13-25-14-17(2)27-18(3)15-25)11-19-5-4-6-21(12-19)23(26)20-7-9-22(24)10-8-20/h4-10,12,16-18H,11,13-15H2,1-3H3. The summed E-state index contributed by atoms with van der Waals surface area (Å²) in [6.45, 7) is 9.46. The molecule has 1 heterocycles. The second kappa shape index (κ2) is 8.77. The number of nitrogens with zero attached hydrogens (tertiary/aromatic N) is 1. The van der Waals surface area contributed by atoms with Gasteiger partial charge in [0.05, 0.1) is 12.2 Å². The largest absolute Gasteiger partial charge is 0.373 e. The number of halogens is 1. The number of rotatable bonds is 6. The fourth-order valence-corrected chi connectivity index (χ4v) is 3.95. The molecule has 0 bridgehead atoms. The molecule has 1 aliphatic rings. The van der Waals surface area contributed by atoms with Gasteiger partial charge in [-0.2, -0.15) is 0 Å². The molecule has 0 spiro atoms. The Morgan fingerprint density at radius 1 is 1.11 bits per heavy atom. The van der Waals surface area contributed by atoms with Crippen LogP contribution in [-0.4, -0.2) is 42.5 Å². The molecule has 1 saturated heterocycles. The summed E-state index contributed by atoms with van der Waals surface area (Å²) in [5, 5.41) is 0. The molecule has 3 rings (SSSR count). The van der Waals surface area contributed by atoms with E-state index in [0.717, 1.165) is 31.6 Å². The fraction of sp³-hybridized carbons (Fsp3) is 0.435. The maximum atomic E-state index is 13.1. The number of hydrogen-bond donors (Lipinski definition) is 0. The minimum Gasteiger partial charge on any atom is -0.373 e. The molecular formula is C23H28FNO2. The van der Waals surface area contributed by atoms with Crippen molar-refractivity contribution in [3.05, 3.63) is 71.0 Å². The molecule has 3 atom stereocenters. The monoisotopic (exact) mass is 369 g/mol. The van der Waals surface area contributed by atoms with E-state index in [-0.39, 0.29) is 23.8 Å². The molecule has 3 unspecified atom stereocenters. The lowest BCUT2D eigenvalue weighted by atomic mass is 9.96.